The fourth-order valence-corrected chi connectivity index (χ4v) is 7.54. The van der Waals surface area contributed by atoms with Gasteiger partial charge in [0.05, 0.1) is 4.88 Å². The van der Waals surface area contributed by atoms with Gasteiger partial charge in [-0.2, -0.15) is 0 Å². The monoisotopic (exact) mass is 545 g/mol. The summed E-state index contributed by atoms with van der Waals surface area (Å²) >= 11 is 7.60. The van der Waals surface area contributed by atoms with Crippen LogP contribution in [0.3, 0.4) is 0 Å². The lowest BCUT2D eigenvalue weighted by molar-refractivity contribution is -0.142. The molecule has 3 aliphatic heterocycles. The smallest absolute Gasteiger partial charge is 0.262 e. The Balaban J connectivity index is 1.31. The van der Waals surface area contributed by atoms with Gasteiger partial charge < -0.3 is 20.0 Å². The molecule has 4 heterocycles. The minimum absolute atomic E-state index is 0.0718. The minimum atomic E-state index is -0.929. The Kier molecular flexibility index (Phi) is 8.13. The number of amides is 2. The van der Waals surface area contributed by atoms with E-state index in [4.69, 9.17) is 11.6 Å². The summed E-state index contributed by atoms with van der Waals surface area (Å²) in [6.45, 7) is 9.42. The maximum absolute atomic E-state index is 14.2. The highest BCUT2D eigenvalue weighted by molar-refractivity contribution is 7.20. The zero-order chi connectivity index (χ0) is 26.2. The van der Waals surface area contributed by atoms with Gasteiger partial charge in [0.2, 0.25) is 5.91 Å². The molecule has 3 aliphatic rings. The summed E-state index contributed by atoms with van der Waals surface area (Å²) in [4.78, 5) is 37.6. The number of carbonyl (C=O) groups excluding carboxylic acids is 2. The van der Waals surface area contributed by atoms with E-state index in [2.05, 4.69) is 34.1 Å². The normalized spacial score (nSPS) is 23.3. The summed E-state index contributed by atoms with van der Waals surface area (Å²) in [5.41, 5.74) is -0.929. The molecule has 0 unspecified atom stereocenters. The minimum Gasteiger partial charge on any atom is -0.338 e. The molecular weight excluding hydrogens is 506 g/mol. The number of hydrogen-bond acceptors (Lipinski definition) is 6. The number of benzene rings is 1. The predicted molar refractivity (Wildman–Crippen MR) is 152 cm³/mol. The second-order valence-corrected chi connectivity index (χ2v) is 12.9. The van der Waals surface area contributed by atoms with Crippen LogP contribution in [-0.4, -0.2) is 109 Å². The van der Waals surface area contributed by atoms with Crippen LogP contribution >= 0.6 is 22.9 Å². The number of likely N-dealkylation sites (tertiary alicyclic amines) is 2. The Labute approximate surface area is 229 Å². The van der Waals surface area contributed by atoms with Crippen molar-refractivity contribution in [2.45, 2.75) is 44.2 Å². The number of halogens is 1. The largest absolute Gasteiger partial charge is 0.338 e. The third kappa shape index (κ3) is 5.83. The van der Waals surface area contributed by atoms with E-state index in [1.165, 1.54) is 24.2 Å². The summed E-state index contributed by atoms with van der Waals surface area (Å²) in [6.07, 6.45) is 4.20. The molecule has 5 rings (SSSR count). The van der Waals surface area contributed by atoms with E-state index >= 15 is 0 Å². The molecule has 1 aromatic carbocycles. The Bertz CT molecular complexity index is 1120. The van der Waals surface area contributed by atoms with Crippen molar-refractivity contribution in [1.82, 2.24) is 24.9 Å². The number of fused-ring (bicyclic) bond motifs is 1. The Morgan fingerprint density at radius 3 is 2.19 bits per heavy atom. The molecule has 2 aromatic rings. The number of nitrogens with one attached hydrogen (secondary N) is 1. The number of hydrogen-bond donors (Lipinski definition) is 1. The lowest BCUT2D eigenvalue weighted by atomic mass is 9.77. The van der Waals surface area contributed by atoms with Crippen molar-refractivity contribution in [2.75, 3.05) is 66.5 Å². The highest BCUT2D eigenvalue weighted by Crippen LogP contribution is 2.33. The number of piperazine rings is 1. The molecular formula is C28H40ClN5O2S. The molecule has 3 saturated heterocycles. The molecule has 0 bridgehead atoms. The van der Waals surface area contributed by atoms with Gasteiger partial charge >= 0.3 is 0 Å². The number of carbonyl (C=O) groups is 2. The molecule has 1 N–H and O–H groups in total. The fraction of sp³-hybridized carbons (Fsp3) is 0.643. The first-order valence-corrected chi connectivity index (χ1v) is 14.8. The maximum atomic E-state index is 14.2. The quantitative estimate of drug-likeness (QED) is 0.622. The van der Waals surface area contributed by atoms with Gasteiger partial charge in [0.1, 0.15) is 5.54 Å². The average Bonchev–Trinajstić information content (AvgIpc) is 3.32. The highest BCUT2D eigenvalue weighted by atomic mass is 35.5. The number of nitrogens with zero attached hydrogens (tertiary/aromatic N) is 4. The number of rotatable bonds is 5. The topological polar surface area (TPSA) is 59.1 Å². The molecule has 0 aliphatic carbocycles. The third-order valence-electron chi connectivity index (χ3n) is 8.86. The summed E-state index contributed by atoms with van der Waals surface area (Å²) < 4.78 is 0.981. The molecule has 1 atom stereocenters. The molecule has 2 amide bonds. The lowest BCUT2D eigenvalue weighted by Gasteiger charge is -2.47. The SMILES string of the molecule is CN1CCC(N2CCN(C(=O)[C@](C)(NC(=O)c3cc4ccc(Cl)cc4s3)C3CCN(C)CC3)CC2)CC1. The van der Waals surface area contributed by atoms with E-state index in [0.717, 1.165) is 75.3 Å². The van der Waals surface area contributed by atoms with Crippen LogP contribution in [0.25, 0.3) is 10.1 Å². The van der Waals surface area contributed by atoms with Crippen LogP contribution in [0.15, 0.2) is 24.3 Å². The van der Waals surface area contributed by atoms with Crippen molar-refractivity contribution in [1.29, 1.82) is 0 Å². The summed E-state index contributed by atoms with van der Waals surface area (Å²) in [6, 6.07) is 8.20. The number of piperidine rings is 2. The van der Waals surface area contributed by atoms with Gasteiger partial charge in [-0.25, -0.2) is 0 Å². The number of thiophene rings is 1. The molecule has 3 fully saturated rings. The van der Waals surface area contributed by atoms with Crippen LogP contribution in [0.4, 0.5) is 0 Å². The van der Waals surface area contributed by atoms with Crippen LogP contribution in [0, 0.1) is 5.92 Å². The van der Waals surface area contributed by atoms with E-state index in [-0.39, 0.29) is 17.7 Å². The van der Waals surface area contributed by atoms with Crippen molar-refractivity contribution < 1.29 is 9.59 Å². The first kappa shape index (κ1) is 26.9. The molecule has 7 nitrogen and oxygen atoms in total. The van der Waals surface area contributed by atoms with Crippen molar-refractivity contribution >= 4 is 44.8 Å². The second-order valence-electron chi connectivity index (χ2n) is 11.4. The molecule has 0 radical (unpaired) electrons. The van der Waals surface area contributed by atoms with E-state index in [9.17, 15) is 9.59 Å². The molecule has 9 heteroatoms. The molecule has 202 valence electrons. The first-order valence-electron chi connectivity index (χ1n) is 13.6. The van der Waals surface area contributed by atoms with E-state index in [1.807, 2.05) is 36.1 Å². The van der Waals surface area contributed by atoms with Crippen molar-refractivity contribution in [3.8, 4) is 0 Å². The van der Waals surface area contributed by atoms with Crippen LogP contribution in [0.1, 0.15) is 42.3 Å². The summed E-state index contributed by atoms with van der Waals surface area (Å²) in [5, 5.41) is 4.91. The maximum Gasteiger partial charge on any atom is 0.262 e. The van der Waals surface area contributed by atoms with Gasteiger partial charge in [-0.1, -0.05) is 17.7 Å². The van der Waals surface area contributed by atoms with E-state index in [0.29, 0.717) is 15.9 Å². The molecule has 1 aromatic heterocycles. The van der Waals surface area contributed by atoms with Crippen molar-refractivity contribution in [3.63, 3.8) is 0 Å². The van der Waals surface area contributed by atoms with E-state index < -0.39 is 5.54 Å². The van der Waals surface area contributed by atoms with Crippen LogP contribution in [0.5, 0.6) is 0 Å². The molecule has 37 heavy (non-hydrogen) atoms. The average molecular weight is 546 g/mol. The van der Waals surface area contributed by atoms with Crippen LogP contribution in [-0.2, 0) is 4.79 Å². The lowest BCUT2D eigenvalue weighted by Crippen LogP contribution is -2.65. The van der Waals surface area contributed by atoms with Gasteiger partial charge in [0.15, 0.2) is 0 Å². The Hall–Kier alpha value is -1.71. The zero-order valence-electron chi connectivity index (χ0n) is 22.3. The second kappa shape index (κ2) is 11.2. The highest BCUT2D eigenvalue weighted by Gasteiger charge is 2.46. The van der Waals surface area contributed by atoms with Gasteiger partial charge in [-0.3, -0.25) is 14.5 Å². The van der Waals surface area contributed by atoms with Gasteiger partial charge in [0.25, 0.3) is 5.91 Å². The first-order chi connectivity index (χ1) is 17.7. The van der Waals surface area contributed by atoms with Gasteiger partial charge in [-0.05, 0) is 102 Å². The van der Waals surface area contributed by atoms with Gasteiger partial charge in [-0.15, -0.1) is 11.3 Å². The van der Waals surface area contributed by atoms with Crippen molar-refractivity contribution in [2.24, 2.45) is 5.92 Å². The predicted octanol–water partition coefficient (Wildman–Crippen LogP) is 3.62. The Morgan fingerprint density at radius 1 is 0.919 bits per heavy atom. The summed E-state index contributed by atoms with van der Waals surface area (Å²) in [7, 11) is 4.32. The van der Waals surface area contributed by atoms with Crippen LogP contribution < -0.4 is 5.32 Å². The van der Waals surface area contributed by atoms with Crippen LogP contribution in [0.2, 0.25) is 5.02 Å². The Morgan fingerprint density at radius 2 is 1.54 bits per heavy atom. The fourth-order valence-electron chi connectivity index (χ4n) is 6.31. The molecule has 0 saturated carbocycles. The van der Waals surface area contributed by atoms with Gasteiger partial charge in [0, 0.05) is 41.9 Å². The third-order valence-corrected chi connectivity index (χ3v) is 10.2. The summed E-state index contributed by atoms with van der Waals surface area (Å²) in [5.74, 6) is 0.00975. The van der Waals surface area contributed by atoms with E-state index in [1.54, 1.807) is 0 Å². The zero-order valence-corrected chi connectivity index (χ0v) is 23.9. The van der Waals surface area contributed by atoms with Crippen molar-refractivity contribution in [3.05, 3.63) is 34.2 Å². The molecule has 0 spiro atoms. The standard InChI is InChI=1S/C28H40ClN5O2S/c1-28(21-6-10-31(2)11-7-21,30-26(35)25-18-20-4-5-22(29)19-24(20)37-25)27(36)34-16-14-33(15-17-34)23-8-12-32(3)13-9-23/h4-5,18-19,21,23H,6-17H2,1-3H3,(H,30,35)/t28-/m1/s1.